The molecule has 86 valence electrons. The third-order valence-electron chi connectivity index (χ3n) is 2.19. The van der Waals surface area contributed by atoms with Crippen molar-refractivity contribution in [2.45, 2.75) is 12.0 Å². The Kier molecular flexibility index (Phi) is 2.18. The molecule has 1 atom stereocenters. The Morgan fingerprint density at radius 1 is 1.38 bits per heavy atom. The van der Waals surface area contributed by atoms with Gasteiger partial charge in [-0.1, -0.05) is 11.6 Å². The molecular weight excluding hydrogens is 249 g/mol. The Morgan fingerprint density at radius 2 is 2.00 bits per heavy atom. The zero-order valence-corrected chi connectivity index (χ0v) is 8.26. The number of cyclic esters (lactones) is 1. The molecular formula is C9H4ClF3O3. The van der Waals surface area contributed by atoms with Crippen LogP contribution in [0.2, 0.25) is 5.02 Å². The predicted molar refractivity (Wildman–Crippen MR) is 46.8 cm³/mol. The molecule has 0 saturated heterocycles. The van der Waals surface area contributed by atoms with Gasteiger partial charge in [0, 0.05) is 10.6 Å². The molecule has 3 nitrogen and oxygen atoms in total. The van der Waals surface area contributed by atoms with Crippen molar-refractivity contribution < 1.29 is 27.8 Å². The minimum absolute atomic E-state index is 0.0280. The van der Waals surface area contributed by atoms with Crippen LogP contribution < -0.4 is 0 Å². The summed E-state index contributed by atoms with van der Waals surface area (Å²) in [4.78, 5) is 11.1. The van der Waals surface area contributed by atoms with Crippen LogP contribution in [-0.4, -0.2) is 17.3 Å². The second kappa shape index (κ2) is 3.11. The van der Waals surface area contributed by atoms with Gasteiger partial charge in [0.15, 0.2) is 0 Å². The summed E-state index contributed by atoms with van der Waals surface area (Å²) in [5.74, 6) is -4.84. The van der Waals surface area contributed by atoms with Gasteiger partial charge in [0.05, 0.1) is 5.56 Å². The van der Waals surface area contributed by atoms with Gasteiger partial charge >= 0.3 is 17.9 Å². The second-order valence-electron chi connectivity index (χ2n) is 3.22. The summed E-state index contributed by atoms with van der Waals surface area (Å²) >= 11 is 5.50. The molecule has 1 aromatic rings. The first-order chi connectivity index (χ1) is 7.25. The molecule has 16 heavy (non-hydrogen) atoms. The highest BCUT2D eigenvalue weighted by molar-refractivity contribution is 6.30. The SMILES string of the molecule is O=C1O[C@@](O)(C(F)(F)F)c2cc(Cl)ccc21. The van der Waals surface area contributed by atoms with Crippen molar-refractivity contribution in [1.82, 2.24) is 0 Å². The maximum absolute atomic E-state index is 12.6. The fourth-order valence-corrected chi connectivity index (χ4v) is 1.60. The van der Waals surface area contributed by atoms with Gasteiger partial charge < -0.3 is 9.84 Å². The molecule has 1 aliphatic heterocycles. The van der Waals surface area contributed by atoms with Gasteiger partial charge in [-0.25, -0.2) is 4.79 Å². The van der Waals surface area contributed by atoms with Crippen LogP contribution >= 0.6 is 11.6 Å². The lowest BCUT2D eigenvalue weighted by Gasteiger charge is -2.24. The number of fused-ring (bicyclic) bond motifs is 1. The summed E-state index contributed by atoms with van der Waals surface area (Å²) < 4.78 is 41.6. The number of rotatable bonds is 0. The van der Waals surface area contributed by atoms with Crippen LogP contribution in [0.4, 0.5) is 13.2 Å². The molecule has 1 heterocycles. The van der Waals surface area contributed by atoms with E-state index in [9.17, 15) is 23.1 Å². The fourth-order valence-electron chi connectivity index (χ4n) is 1.43. The summed E-state index contributed by atoms with van der Waals surface area (Å²) in [6.45, 7) is 0. The Balaban J connectivity index is 2.66. The van der Waals surface area contributed by atoms with E-state index < -0.39 is 23.5 Å². The summed E-state index contributed by atoms with van der Waals surface area (Å²) in [5, 5.41) is 9.32. The van der Waals surface area contributed by atoms with Gasteiger partial charge in [0.25, 0.3) is 0 Å². The van der Waals surface area contributed by atoms with E-state index in [1.165, 1.54) is 6.07 Å². The number of hydrogen-bond donors (Lipinski definition) is 1. The topological polar surface area (TPSA) is 46.5 Å². The number of carbonyl (C=O) groups is 1. The molecule has 0 unspecified atom stereocenters. The molecule has 0 aromatic heterocycles. The Morgan fingerprint density at radius 3 is 2.56 bits per heavy atom. The van der Waals surface area contributed by atoms with E-state index >= 15 is 0 Å². The van der Waals surface area contributed by atoms with Crippen LogP contribution in [-0.2, 0) is 10.5 Å². The van der Waals surface area contributed by atoms with Crippen LogP contribution in [0.15, 0.2) is 18.2 Å². The number of halogens is 4. The summed E-state index contributed by atoms with van der Waals surface area (Å²) in [7, 11) is 0. The molecule has 0 aliphatic carbocycles. The van der Waals surface area contributed by atoms with Crippen LogP contribution in [0.5, 0.6) is 0 Å². The molecule has 1 aromatic carbocycles. The van der Waals surface area contributed by atoms with Gasteiger partial charge in [-0.2, -0.15) is 13.2 Å². The van der Waals surface area contributed by atoms with Crippen molar-refractivity contribution in [3.8, 4) is 0 Å². The zero-order chi connectivity index (χ0) is 12.1. The average molecular weight is 253 g/mol. The standard InChI is InChI=1S/C9H4ClF3O3/c10-4-1-2-5-6(3-4)8(15,9(11,12)13)16-7(5)14/h1-3,15H/t8-/m1/s1. The lowest BCUT2D eigenvalue weighted by atomic mass is 10.0. The molecule has 2 rings (SSSR count). The maximum Gasteiger partial charge on any atom is 0.460 e. The lowest BCUT2D eigenvalue weighted by molar-refractivity contribution is -0.349. The molecule has 0 radical (unpaired) electrons. The van der Waals surface area contributed by atoms with Crippen LogP contribution in [0.25, 0.3) is 0 Å². The van der Waals surface area contributed by atoms with Crippen LogP contribution in [0.1, 0.15) is 15.9 Å². The number of carbonyl (C=O) groups excluding carboxylic acids is 1. The van der Waals surface area contributed by atoms with Gasteiger partial charge in [-0.05, 0) is 18.2 Å². The monoisotopic (exact) mass is 252 g/mol. The van der Waals surface area contributed by atoms with E-state index in [0.717, 1.165) is 12.1 Å². The van der Waals surface area contributed by atoms with E-state index in [0.29, 0.717) is 0 Å². The van der Waals surface area contributed by atoms with Gasteiger partial charge in [0.2, 0.25) is 0 Å². The fraction of sp³-hybridized carbons (Fsp3) is 0.222. The number of hydrogen-bond acceptors (Lipinski definition) is 3. The van der Waals surface area contributed by atoms with Gasteiger partial charge in [-0.15, -0.1) is 0 Å². The van der Waals surface area contributed by atoms with Crippen molar-refractivity contribution in [2.75, 3.05) is 0 Å². The van der Waals surface area contributed by atoms with E-state index in [2.05, 4.69) is 4.74 Å². The highest BCUT2D eigenvalue weighted by atomic mass is 35.5. The second-order valence-corrected chi connectivity index (χ2v) is 3.66. The number of benzene rings is 1. The van der Waals surface area contributed by atoms with E-state index in [4.69, 9.17) is 11.6 Å². The third kappa shape index (κ3) is 1.37. The molecule has 0 amide bonds. The first kappa shape index (κ1) is 11.2. The largest absolute Gasteiger partial charge is 0.460 e. The quantitative estimate of drug-likeness (QED) is 0.720. The molecule has 0 spiro atoms. The van der Waals surface area contributed by atoms with Crippen LogP contribution in [0.3, 0.4) is 0 Å². The zero-order valence-electron chi connectivity index (χ0n) is 7.51. The third-order valence-corrected chi connectivity index (χ3v) is 2.43. The molecule has 1 N–H and O–H groups in total. The summed E-state index contributed by atoms with van der Waals surface area (Å²) in [6.07, 6.45) is -5.11. The Bertz CT molecular complexity index is 472. The average Bonchev–Trinajstić information content (AvgIpc) is 2.39. The van der Waals surface area contributed by atoms with E-state index in [-0.39, 0.29) is 10.6 Å². The molecule has 1 aliphatic rings. The Hall–Kier alpha value is -1.27. The van der Waals surface area contributed by atoms with Crippen molar-refractivity contribution in [1.29, 1.82) is 0 Å². The summed E-state index contributed by atoms with van der Waals surface area (Å²) in [5.41, 5.74) is -1.03. The molecule has 0 fully saturated rings. The summed E-state index contributed by atoms with van der Waals surface area (Å²) in [6, 6.07) is 3.17. The van der Waals surface area contributed by atoms with Crippen molar-refractivity contribution in [3.05, 3.63) is 34.3 Å². The maximum atomic E-state index is 12.6. The molecule has 0 bridgehead atoms. The van der Waals surface area contributed by atoms with Crippen molar-refractivity contribution in [2.24, 2.45) is 0 Å². The minimum atomic E-state index is -5.11. The van der Waals surface area contributed by atoms with Gasteiger partial charge in [-0.3, -0.25) is 0 Å². The smallest absolute Gasteiger partial charge is 0.415 e. The highest BCUT2D eigenvalue weighted by Crippen LogP contribution is 2.46. The Labute approximate surface area is 92.4 Å². The van der Waals surface area contributed by atoms with Crippen molar-refractivity contribution in [3.63, 3.8) is 0 Å². The van der Waals surface area contributed by atoms with Crippen LogP contribution in [0, 0.1) is 0 Å². The predicted octanol–water partition coefficient (Wildman–Crippen LogP) is 2.22. The van der Waals surface area contributed by atoms with Gasteiger partial charge in [0.1, 0.15) is 0 Å². The number of ether oxygens (including phenoxy) is 1. The first-order valence-corrected chi connectivity index (χ1v) is 4.46. The minimum Gasteiger partial charge on any atom is -0.415 e. The lowest BCUT2D eigenvalue weighted by Crippen LogP contribution is -2.42. The molecule has 7 heteroatoms. The number of aliphatic hydroxyl groups is 1. The first-order valence-electron chi connectivity index (χ1n) is 4.08. The van der Waals surface area contributed by atoms with Crippen molar-refractivity contribution >= 4 is 17.6 Å². The highest BCUT2D eigenvalue weighted by Gasteiger charge is 2.63. The number of esters is 1. The molecule has 0 saturated carbocycles. The van der Waals surface area contributed by atoms with E-state index in [1.807, 2.05) is 0 Å². The normalized spacial score (nSPS) is 24.2. The van der Waals surface area contributed by atoms with E-state index in [1.54, 1.807) is 0 Å². The number of alkyl halides is 3.